The predicted octanol–water partition coefficient (Wildman–Crippen LogP) is 3.71. The predicted molar refractivity (Wildman–Crippen MR) is 107 cm³/mol. The number of aryl methyl sites for hydroxylation is 1. The highest BCUT2D eigenvalue weighted by Gasteiger charge is 2.40. The minimum Gasteiger partial charge on any atom is -0.354 e. The summed E-state index contributed by atoms with van der Waals surface area (Å²) in [6, 6.07) is 9.02. The molecule has 3 atom stereocenters. The van der Waals surface area contributed by atoms with Gasteiger partial charge in [0.05, 0.1) is 0 Å². The van der Waals surface area contributed by atoms with Gasteiger partial charge in [0, 0.05) is 23.8 Å². The summed E-state index contributed by atoms with van der Waals surface area (Å²) < 4.78 is 0. The first-order valence-corrected chi connectivity index (χ1v) is 10.5. The largest absolute Gasteiger partial charge is 0.354 e. The number of carbonyl (C=O) groups excluding carboxylic acids is 1. The second-order valence-electron chi connectivity index (χ2n) is 7.75. The van der Waals surface area contributed by atoms with E-state index in [9.17, 15) is 4.79 Å². The van der Waals surface area contributed by atoms with Crippen LogP contribution in [-0.2, 0) is 11.2 Å². The van der Waals surface area contributed by atoms with Crippen LogP contribution in [0.4, 0.5) is 0 Å². The summed E-state index contributed by atoms with van der Waals surface area (Å²) in [5.41, 5.74) is 9.22. The molecular weight excluding hydrogens is 352 g/mol. The standard InChI is InChI=1S/C20H28N2OS.ClH/c21-19-14-5-3-6-15(19)11-16(10-14)20(23)22-12-18-17-7-2-1-4-13(17)8-9-24-18;/h1-2,4,7,14-16,18-19H,3,5-6,8-12,21H2,(H,22,23);1H. The Morgan fingerprint density at radius 1 is 1.20 bits per heavy atom. The molecule has 3 N–H and O–H groups in total. The molecule has 1 aliphatic heterocycles. The summed E-state index contributed by atoms with van der Waals surface area (Å²) >= 11 is 1.98. The second kappa shape index (κ2) is 8.32. The van der Waals surface area contributed by atoms with Crippen molar-refractivity contribution in [3.05, 3.63) is 35.4 Å². The van der Waals surface area contributed by atoms with Gasteiger partial charge in [0.2, 0.25) is 5.91 Å². The Kier molecular flexibility index (Phi) is 6.35. The van der Waals surface area contributed by atoms with Crippen molar-refractivity contribution >= 4 is 30.1 Å². The van der Waals surface area contributed by atoms with Crippen molar-refractivity contribution in [2.45, 2.75) is 49.8 Å². The first-order valence-electron chi connectivity index (χ1n) is 9.45. The number of hydrogen-bond acceptors (Lipinski definition) is 3. The van der Waals surface area contributed by atoms with Gasteiger partial charge in [0.1, 0.15) is 0 Å². The molecule has 4 rings (SSSR count). The van der Waals surface area contributed by atoms with Crippen LogP contribution in [-0.4, -0.2) is 24.2 Å². The molecule has 1 amide bonds. The molecule has 2 saturated carbocycles. The molecule has 1 aromatic carbocycles. The van der Waals surface area contributed by atoms with Crippen LogP contribution < -0.4 is 11.1 Å². The van der Waals surface area contributed by atoms with Crippen LogP contribution in [0.25, 0.3) is 0 Å². The van der Waals surface area contributed by atoms with Gasteiger partial charge in [0.15, 0.2) is 0 Å². The number of rotatable bonds is 3. The van der Waals surface area contributed by atoms with Crippen LogP contribution in [0.15, 0.2) is 24.3 Å². The molecule has 0 aromatic heterocycles. The summed E-state index contributed by atoms with van der Waals surface area (Å²) in [6.45, 7) is 0.762. The van der Waals surface area contributed by atoms with E-state index in [2.05, 4.69) is 29.6 Å². The molecule has 2 bridgehead atoms. The zero-order valence-corrected chi connectivity index (χ0v) is 16.3. The molecule has 5 heteroatoms. The number of fused-ring (bicyclic) bond motifs is 3. The van der Waals surface area contributed by atoms with Gasteiger partial charge in [0.25, 0.3) is 0 Å². The summed E-state index contributed by atoms with van der Waals surface area (Å²) in [6.07, 6.45) is 6.87. The lowest BCUT2D eigenvalue weighted by Crippen LogP contribution is -2.49. The third kappa shape index (κ3) is 4.01. The number of amides is 1. The summed E-state index contributed by atoms with van der Waals surface area (Å²) in [5, 5.41) is 3.67. The van der Waals surface area contributed by atoms with Crippen molar-refractivity contribution in [3.8, 4) is 0 Å². The van der Waals surface area contributed by atoms with Gasteiger partial charge >= 0.3 is 0 Å². The smallest absolute Gasteiger partial charge is 0.223 e. The van der Waals surface area contributed by atoms with Crippen molar-refractivity contribution in [2.24, 2.45) is 23.5 Å². The van der Waals surface area contributed by atoms with E-state index in [0.717, 1.165) is 31.6 Å². The summed E-state index contributed by atoms with van der Waals surface area (Å²) in [5.74, 6) is 2.74. The number of nitrogens with two attached hydrogens (primary N) is 1. The third-order valence-corrected chi connectivity index (χ3v) is 7.60. The number of thioether (sulfide) groups is 1. The van der Waals surface area contributed by atoms with Crippen molar-refractivity contribution in [1.82, 2.24) is 5.32 Å². The number of carbonyl (C=O) groups is 1. The Hall–Kier alpha value is -0.710. The fourth-order valence-electron chi connectivity index (χ4n) is 4.99. The summed E-state index contributed by atoms with van der Waals surface area (Å²) in [7, 11) is 0. The van der Waals surface area contributed by atoms with Gasteiger partial charge in [-0.3, -0.25) is 4.79 Å². The lowest BCUT2D eigenvalue weighted by molar-refractivity contribution is -0.127. The number of nitrogens with one attached hydrogen (secondary N) is 1. The van der Waals surface area contributed by atoms with E-state index in [1.165, 1.54) is 30.4 Å². The van der Waals surface area contributed by atoms with Crippen molar-refractivity contribution in [1.29, 1.82) is 0 Å². The van der Waals surface area contributed by atoms with Crippen LogP contribution in [0.3, 0.4) is 0 Å². The number of halogens is 1. The van der Waals surface area contributed by atoms with Crippen LogP contribution in [0.2, 0.25) is 0 Å². The molecule has 0 saturated heterocycles. The maximum Gasteiger partial charge on any atom is 0.223 e. The van der Waals surface area contributed by atoms with Crippen molar-refractivity contribution < 1.29 is 4.79 Å². The molecule has 2 aliphatic carbocycles. The molecule has 0 spiro atoms. The second-order valence-corrected chi connectivity index (χ2v) is 9.06. The van der Waals surface area contributed by atoms with Crippen LogP contribution in [0, 0.1) is 17.8 Å². The number of benzene rings is 1. The SMILES string of the molecule is Cl.NC1C2CCCC1CC(C(=O)NCC1SCCc3ccccc31)C2. The minimum atomic E-state index is 0. The topological polar surface area (TPSA) is 55.1 Å². The van der Waals surface area contributed by atoms with E-state index >= 15 is 0 Å². The van der Waals surface area contributed by atoms with E-state index in [1.807, 2.05) is 11.8 Å². The molecular formula is C20H29ClN2OS. The Morgan fingerprint density at radius 3 is 2.68 bits per heavy atom. The molecule has 3 aliphatic rings. The normalized spacial score (nSPS) is 33.7. The van der Waals surface area contributed by atoms with E-state index in [0.29, 0.717) is 23.1 Å². The van der Waals surface area contributed by atoms with Crippen LogP contribution in [0.5, 0.6) is 0 Å². The third-order valence-electron chi connectivity index (χ3n) is 6.34. The Morgan fingerprint density at radius 2 is 1.92 bits per heavy atom. The average Bonchev–Trinajstić information content (AvgIpc) is 2.59. The Bertz CT molecular complexity index is 597. The highest BCUT2D eigenvalue weighted by Crippen LogP contribution is 2.42. The molecule has 0 radical (unpaired) electrons. The van der Waals surface area contributed by atoms with E-state index in [1.54, 1.807) is 0 Å². The lowest BCUT2D eigenvalue weighted by atomic mass is 9.65. The zero-order valence-electron chi connectivity index (χ0n) is 14.7. The first-order chi connectivity index (χ1) is 11.7. The monoisotopic (exact) mass is 380 g/mol. The minimum absolute atomic E-state index is 0. The molecule has 1 aromatic rings. The van der Waals surface area contributed by atoms with Crippen LogP contribution >= 0.6 is 24.2 Å². The first kappa shape index (κ1) is 19.1. The molecule has 3 unspecified atom stereocenters. The zero-order chi connectivity index (χ0) is 16.5. The molecule has 1 heterocycles. The molecule has 3 nitrogen and oxygen atoms in total. The fourth-order valence-corrected chi connectivity index (χ4v) is 6.22. The molecule has 2 fully saturated rings. The Labute approximate surface area is 161 Å². The quantitative estimate of drug-likeness (QED) is 0.840. The fraction of sp³-hybridized carbons (Fsp3) is 0.650. The van der Waals surface area contributed by atoms with E-state index in [-0.39, 0.29) is 24.2 Å². The maximum absolute atomic E-state index is 12.7. The highest BCUT2D eigenvalue weighted by atomic mass is 35.5. The van der Waals surface area contributed by atoms with Gasteiger partial charge in [-0.15, -0.1) is 12.4 Å². The van der Waals surface area contributed by atoms with Gasteiger partial charge in [-0.25, -0.2) is 0 Å². The van der Waals surface area contributed by atoms with Gasteiger partial charge in [-0.05, 0) is 60.8 Å². The van der Waals surface area contributed by atoms with Gasteiger partial charge in [-0.2, -0.15) is 11.8 Å². The molecule has 138 valence electrons. The van der Waals surface area contributed by atoms with E-state index < -0.39 is 0 Å². The van der Waals surface area contributed by atoms with E-state index in [4.69, 9.17) is 5.73 Å². The highest BCUT2D eigenvalue weighted by molar-refractivity contribution is 7.99. The average molecular weight is 381 g/mol. The van der Waals surface area contributed by atoms with Crippen molar-refractivity contribution in [3.63, 3.8) is 0 Å². The number of hydrogen-bond donors (Lipinski definition) is 2. The van der Waals surface area contributed by atoms with Crippen molar-refractivity contribution in [2.75, 3.05) is 12.3 Å². The maximum atomic E-state index is 12.7. The Balaban J connectivity index is 0.00000182. The van der Waals surface area contributed by atoms with Gasteiger partial charge in [-0.1, -0.05) is 30.7 Å². The van der Waals surface area contributed by atoms with Gasteiger partial charge < -0.3 is 11.1 Å². The molecule has 25 heavy (non-hydrogen) atoms. The lowest BCUT2D eigenvalue weighted by Gasteiger charge is -2.43. The van der Waals surface area contributed by atoms with Crippen LogP contribution in [0.1, 0.15) is 48.5 Å². The summed E-state index contributed by atoms with van der Waals surface area (Å²) in [4.78, 5) is 12.7.